The highest BCUT2D eigenvalue weighted by Gasteiger charge is 2.19. The van der Waals surface area contributed by atoms with Gasteiger partial charge in [-0.2, -0.15) is 0 Å². The second-order valence-corrected chi connectivity index (χ2v) is 5.42. The number of nitrogens with zero attached hydrogens (tertiary/aromatic N) is 1. The smallest absolute Gasteiger partial charge is 0.336 e. The lowest BCUT2D eigenvalue weighted by Gasteiger charge is -2.30. The Hall–Kier alpha value is -2.86. The van der Waals surface area contributed by atoms with Gasteiger partial charge in [0.05, 0.1) is 35.7 Å². The summed E-state index contributed by atoms with van der Waals surface area (Å²) in [5, 5.41) is 12.1. The molecular weight excluding hydrogens is 308 g/mol. The van der Waals surface area contributed by atoms with Crippen LogP contribution in [0.3, 0.4) is 0 Å². The Labute approximate surface area is 139 Å². The Morgan fingerprint density at radius 2 is 1.58 bits per heavy atom. The zero-order valence-electron chi connectivity index (χ0n) is 13.1. The van der Waals surface area contributed by atoms with E-state index in [2.05, 4.69) is 10.2 Å². The molecule has 124 valence electrons. The lowest BCUT2D eigenvalue weighted by Crippen LogP contribution is -2.36. The number of hydrogen-bond acceptors (Lipinski definition) is 4. The molecule has 1 aliphatic rings. The molecule has 24 heavy (non-hydrogen) atoms. The van der Waals surface area contributed by atoms with Crippen LogP contribution in [-0.2, 0) is 4.74 Å². The van der Waals surface area contributed by atoms with Gasteiger partial charge in [-0.3, -0.25) is 4.79 Å². The number of carboxylic acids is 1. The molecule has 2 aromatic rings. The number of carboxylic acid groups (broad SMARTS) is 1. The number of nitrogens with one attached hydrogen (secondary N) is 1. The van der Waals surface area contributed by atoms with Gasteiger partial charge in [-0.05, 0) is 24.3 Å². The third-order valence-electron chi connectivity index (χ3n) is 3.91. The van der Waals surface area contributed by atoms with E-state index in [0.717, 1.165) is 18.8 Å². The SMILES string of the molecule is O=C(O)c1ccccc1C(=O)Nc1ccccc1N1CCOCC1. The van der Waals surface area contributed by atoms with Crippen LogP contribution in [-0.4, -0.2) is 43.3 Å². The third-order valence-corrected chi connectivity index (χ3v) is 3.91. The van der Waals surface area contributed by atoms with Gasteiger partial charge < -0.3 is 20.1 Å². The van der Waals surface area contributed by atoms with E-state index >= 15 is 0 Å². The molecule has 1 saturated heterocycles. The Kier molecular flexibility index (Phi) is 4.77. The fourth-order valence-corrected chi connectivity index (χ4v) is 2.72. The molecule has 1 heterocycles. The quantitative estimate of drug-likeness (QED) is 0.902. The molecule has 0 atom stereocenters. The molecule has 1 aliphatic heterocycles. The number of benzene rings is 2. The van der Waals surface area contributed by atoms with Crippen molar-refractivity contribution >= 4 is 23.3 Å². The minimum atomic E-state index is -1.12. The van der Waals surface area contributed by atoms with E-state index in [1.807, 2.05) is 24.3 Å². The number of carbonyl (C=O) groups excluding carboxylic acids is 1. The molecule has 0 bridgehead atoms. The van der Waals surface area contributed by atoms with Crippen LogP contribution in [0.1, 0.15) is 20.7 Å². The Bertz CT molecular complexity index is 754. The van der Waals surface area contributed by atoms with Crippen molar-refractivity contribution in [1.82, 2.24) is 0 Å². The minimum Gasteiger partial charge on any atom is -0.478 e. The molecule has 2 aromatic carbocycles. The van der Waals surface area contributed by atoms with Crippen molar-refractivity contribution in [3.05, 3.63) is 59.7 Å². The van der Waals surface area contributed by atoms with Crippen molar-refractivity contribution in [1.29, 1.82) is 0 Å². The highest BCUT2D eigenvalue weighted by Crippen LogP contribution is 2.27. The van der Waals surface area contributed by atoms with E-state index in [9.17, 15) is 14.7 Å². The number of anilines is 2. The van der Waals surface area contributed by atoms with Gasteiger partial charge >= 0.3 is 5.97 Å². The van der Waals surface area contributed by atoms with Crippen LogP contribution < -0.4 is 10.2 Å². The van der Waals surface area contributed by atoms with Crippen LogP contribution >= 0.6 is 0 Å². The number of hydrogen-bond donors (Lipinski definition) is 2. The van der Waals surface area contributed by atoms with Gasteiger partial charge in [-0.1, -0.05) is 24.3 Å². The molecule has 0 spiro atoms. The lowest BCUT2D eigenvalue weighted by atomic mass is 10.1. The molecule has 0 aromatic heterocycles. The van der Waals surface area contributed by atoms with Crippen molar-refractivity contribution in [2.75, 3.05) is 36.5 Å². The van der Waals surface area contributed by atoms with E-state index in [1.165, 1.54) is 12.1 Å². The van der Waals surface area contributed by atoms with Gasteiger partial charge in [0.25, 0.3) is 5.91 Å². The maximum atomic E-state index is 12.6. The van der Waals surface area contributed by atoms with Crippen LogP contribution in [0, 0.1) is 0 Å². The number of carbonyl (C=O) groups is 2. The number of aromatic carboxylic acids is 1. The Morgan fingerprint density at radius 3 is 2.29 bits per heavy atom. The number of amides is 1. The normalized spacial score (nSPS) is 14.2. The molecule has 6 nitrogen and oxygen atoms in total. The molecule has 2 N–H and O–H groups in total. The highest BCUT2D eigenvalue weighted by molar-refractivity contribution is 6.11. The second-order valence-electron chi connectivity index (χ2n) is 5.42. The van der Waals surface area contributed by atoms with E-state index < -0.39 is 11.9 Å². The molecule has 0 radical (unpaired) electrons. The van der Waals surface area contributed by atoms with Gasteiger partial charge in [-0.25, -0.2) is 4.79 Å². The van der Waals surface area contributed by atoms with Crippen LogP contribution in [0.15, 0.2) is 48.5 Å². The summed E-state index contributed by atoms with van der Waals surface area (Å²) in [6.45, 7) is 2.78. The minimum absolute atomic E-state index is 0.0150. The third kappa shape index (κ3) is 3.38. The van der Waals surface area contributed by atoms with Crippen molar-refractivity contribution in [2.45, 2.75) is 0 Å². The van der Waals surface area contributed by atoms with Gasteiger partial charge in [0.2, 0.25) is 0 Å². The van der Waals surface area contributed by atoms with Gasteiger partial charge in [0, 0.05) is 13.1 Å². The summed E-state index contributed by atoms with van der Waals surface area (Å²) >= 11 is 0. The molecule has 0 aliphatic carbocycles. The number of morpholine rings is 1. The van der Waals surface area contributed by atoms with Crippen LogP contribution in [0.2, 0.25) is 0 Å². The summed E-state index contributed by atoms with van der Waals surface area (Å²) in [6.07, 6.45) is 0. The van der Waals surface area contributed by atoms with Crippen molar-refractivity contribution in [3.8, 4) is 0 Å². The molecule has 3 rings (SSSR count). The van der Waals surface area contributed by atoms with E-state index in [4.69, 9.17) is 4.74 Å². The molecular formula is C18H18N2O4. The van der Waals surface area contributed by atoms with E-state index in [0.29, 0.717) is 18.9 Å². The summed E-state index contributed by atoms with van der Waals surface area (Å²) in [5.74, 6) is -1.56. The predicted molar refractivity (Wildman–Crippen MR) is 90.8 cm³/mol. The number of ether oxygens (including phenoxy) is 1. The maximum absolute atomic E-state index is 12.6. The van der Waals surface area contributed by atoms with Crippen molar-refractivity contribution in [3.63, 3.8) is 0 Å². The first kappa shape index (κ1) is 16.0. The summed E-state index contributed by atoms with van der Waals surface area (Å²) in [6, 6.07) is 13.7. The van der Waals surface area contributed by atoms with Crippen molar-refractivity contribution < 1.29 is 19.4 Å². The van der Waals surface area contributed by atoms with E-state index in [1.54, 1.807) is 12.1 Å². The summed E-state index contributed by atoms with van der Waals surface area (Å²) in [7, 11) is 0. The summed E-state index contributed by atoms with van der Waals surface area (Å²) in [4.78, 5) is 26.0. The Balaban J connectivity index is 1.86. The summed E-state index contributed by atoms with van der Waals surface area (Å²) in [5.41, 5.74) is 1.69. The van der Waals surface area contributed by atoms with E-state index in [-0.39, 0.29) is 11.1 Å². The fraction of sp³-hybridized carbons (Fsp3) is 0.222. The molecule has 1 fully saturated rings. The molecule has 0 unspecified atom stereocenters. The highest BCUT2D eigenvalue weighted by atomic mass is 16.5. The first-order chi connectivity index (χ1) is 11.7. The second kappa shape index (κ2) is 7.14. The summed E-state index contributed by atoms with van der Waals surface area (Å²) < 4.78 is 5.36. The monoisotopic (exact) mass is 326 g/mol. The van der Waals surface area contributed by atoms with Crippen LogP contribution in [0.25, 0.3) is 0 Å². The van der Waals surface area contributed by atoms with Gasteiger partial charge in [0.1, 0.15) is 0 Å². The topological polar surface area (TPSA) is 78.9 Å². The largest absolute Gasteiger partial charge is 0.478 e. The fourth-order valence-electron chi connectivity index (χ4n) is 2.72. The first-order valence-electron chi connectivity index (χ1n) is 7.72. The first-order valence-corrected chi connectivity index (χ1v) is 7.72. The van der Waals surface area contributed by atoms with Crippen LogP contribution in [0.4, 0.5) is 11.4 Å². The molecule has 6 heteroatoms. The maximum Gasteiger partial charge on any atom is 0.336 e. The van der Waals surface area contributed by atoms with Crippen LogP contribution in [0.5, 0.6) is 0 Å². The number of rotatable bonds is 4. The van der Waals surface area contributed by atoms with Gasteiger partial charge in [0.15, 0.2) is 0 Å². The predicted octanol–water partition coefficient (Wildman–Crippen LogP) is 2.47. The van der Waals surface area contributed by atoms with Crippen molar-refractivity contribution in [2.24, 2.45) is 0 Å². The molecule has 0 saturated carbocycles. The average Bonchev–Trinajstić information content (AvgIpc) is 2.63. The Morgan fingerprint density at radius 1 is 0.958 bits per heavy atom. The average molecular weight is 326 g/mol. The molecule has 1 amide bonds. The zero-order chi connectivity index (χ0) is 16.9. The lowest BCUT2D eigenvalue weighted by molar-refractivity contribution is 0.0692. The number of para-hydroxylation sites is 2. The van der Waals surface area contributed by atoms with Gasteiger partial charge in [-0.15, -0.1) is 0 Å². The zero-order valence-corrected chi connectivity index (χ0v) is 13.1. The standard InChI is InChI=1S/C18H18N2O4/c21-17(13-5-1-2-6-14(13)18(22)23)19-15-7-3-4-8-16(15)20-9-11-24-12-10-20/h1-8H,9-12H2,(H,19,21)(H,22,23).